The third-order valence-electron chi connectivity index (χ3n) is 5.66. The number of nitrogens with zero attached hydrogens (tertiary/aromatic N) is 4. The first-order valence-corrected chi connectivity index (χ1v) is 11.6. The fraction of sp³-hybridized carbons (Fsp3) is 0.167. The Bertz CT molecular complexity index is 1300. The van der Waals surface area contributed by atoms with Crippen molar-refractivity contribution in [1.29, 1.82) is 0 Å². The van der Waals surface area contributed by atoms with E-state index in [9.17, 15) is 9.59 Å². The summed E-state index contributed by atoms with van der Waals surface area (Å²) in [5.74, 6) is -0.164. The molecule has 1 fully saturated rings. The van der Waals surface area contributed by atoms with Gasteiger partial charge in [0.25, 0.3) is 11.8 Å². The van der Waals surface area contributed by atoms with E-state index in [0.717, 1.165) is 47.2 Å². The van der Waals surface area contributed by atoms with Crippen molar-refractivity contribution in [2.24, 2.45) is 0 Å². The van der Waals surface area contributed by atoms with Crippen molar-refractivity contribution < 1.29 is 9.59 Å². The van der Waals surface area contributed by atoms with E-state index in [-0.39, 0.29) is 11.8 Å². The van der Waals surface area contributed by atoms with E-state index in [2.05, 4.69) is 19.0 Å². The molecule has 1 aromatic heterocycles. The monoisotopic (exact) mass is 477 g/mol. The zero-order valence-corrected chi connectivity index (χ0v) is 19.1. The number of carbonyl (C=O) groups is 2. The van der Waals surface area contributed by atoms with E-state index in [0.29, 0.717) is 29.2 Å². The van der Waals surface area contributed by atoms with E-state index in [1.165, 1.54) is 0 Å². The van der Waals surface area contributed by atoms with Crippen molar-refractivity contribution in [2.45, 2.75) is 0 Å². The van der Waals surface area contributed by atoms with Crippen LogP contribution >= 0.6 is 23.3 Å². The van der Waals surface area contributed by atoms with Crippen LogP contribution in [0.1, 0.15) is 20.7 Å². The minimum absolute atomic E-state index is 0.0241. The zero-order valence-electron chi connectivity index (χ0n) is 17.6. The molecular formula is C24H20ClN5O2S. The minimum Gasteiger partial charge on any atom is -0.368 e. The van der Waals surface area contributed by atoms with Crippen molar-refractivity contribution in [2.75, 3.05) is 36.4 Å². The minimum atomic E-state index is -0.188. The third-order valence-corrected chi connectivity index (χ3v) is 6.47. The Morgan fingerprint density at radius 2 is 1.48 bits per heavy atom. The Kier molecular flexibility index (Phi) is 5.93. The molecule has 166 valence electrons. The van der Waals surface area contributed by atoms with Crippen LogP contribution in [0.15, 0.2) is 66.7 Å². The standard InChI is InChI=1S/C24H20ClN5O2S/c25-18-4-1-16(2-5-18)24(32)30-13-11-29(12-14-30)20-8-6-19(7-9-20)26-23(31)17-3-10-21-22(15-17)28-33-27-21/h1-10,15H,11-14H2,(H,26,31). The first-order valence-electron chi connectivity index (χ1n) is 10.5. The van der Waals surface area contributed by atoms with E-state index < -0.39 is 0 Å². The second-order valence-corrected chi connectivity index (χ2v) is 8.72. The number of fused-ring (bicyclic) bond motifs is 1. The maximum absolute atomic E-state index is 12.7. The number of benzene rings is 3. The van der Waals surface area contributed by atoms with Crippen LogP contribution in [0.5, 0.6) is 0 Å². The number of nitrogens with one attached hydrogen (secondary N) is 1. The number of rotatable bonds is 4. The summed E-state index contributed by atoms with van der Waals surface area (Å²) in [7, 11) is 0. The van der Waals surface area contributed by atoms with E-state index in [4.69, 9.17) is 11.6 Å². The molecule has 0 unspecified atom stereocenters. The van der Waals surface area contributed by atoms with Crippen LogP contribution < -0.4 is 10.2 Å². The van der Waals surface area contributed by atoms with Crippen LogP contribution in [0.2, 0.25) is 5.02 Å². The van der Waals surface area contributed by atoms with E-state index >= 15 is 0 Å². The van der Waals surface area contributed by atoms with Crippen molar-refractivity contribution >= 4 is 57.6 Å². The molecule has 0 radical (unpaired) electrons. The van der Waals surface area contributed by atoms with E-state index in [1.807, 2.05) is 29.2 Å². The van der Waals surface area contributed by atoms with Gasteiger partial charge in [-0.05, 0) is 66.7 Å². The lowest BCUT2D eigenvalue weighted by atomic mass is 10.1. The molecule has 1 N–H and O–H groups in total. The number of piperazine rings is 1. The van der Waals surface area contributed by atoms with Gasteiger partial charge < -0.3 is 15.1 Å². The molecule has 7 nitrogen and oxygen atoms in total. The number of carbonyl (C=O) groups excluding carboxylic acids is 2. The van der Waals surface area contributed by atoms with Gasteiger partial charge in [-0.25, -0.2) is 0 Å². The van der Waals surface area contributed by atoms with Gasteiger partial charge in [-0.15, -0.1) is 0 Å². The smallest absolute Gasteiger partial charge is 0.255 e. The highest BCUT2D eigenvalue weighted by molar-refractivity contribution is 7.00. The molecule has 0 atom stereocenters. The van der Waals surface area contributed by atoms with Crippen LogP contribution in [0.25, 0.3) is 11.0 Å². The largest absolute Gasteiger partial charge is 0.368 e. The second kappa shape index (κ2) is 9.17. The Hall–Kier alpha value is -3.49. The number of hydrogen-bond donors (Lipinski definition) is 1. The van der Waals surface area contributed by atoms with Crippen molar-refractivity contribution in [3.05, 3.63) is 82.9 Å². The van der Waals surface area contributed by atoms with Gasteiger partial charge in [0.2, 0.25) is 0 Å². The molecule has 5 rings (SSSR count). The lowest BCUT2D eigenvalue weighted by molar-refractivity contribution is 0.0746. The fourth-order valence-corrected chi connectivity index (χ4v) is 4.47. The third kappa shape index (κ3) is 4.67. The first-order chi connectivity index (χ1) is 16.1. The van der Waals surface area contributed by atoms with Crippen LogP contribution in [-0.4, -0.2) is 51.6 Å². The van der Waals surface area contributed by atoms with Gasteiger partial charge in [-0.3, -0.25) is 9.59 Å². The second-order valence-electron chi connectivity index (χ2n) is 7.75. The maximum Gasteiger partial charge on any atom is 0.255 e. The van der Waals surface area contributed by atoms with Gasteiger partial charge in [0, 0.05) is 53.7 Å². The molecule has 1 aliphatic rings. The van der Waals surface area contributed by atoms with Crippen molar-refractivity contribution in [1.82, 2.24) is 13.6 Å². The highest BCUT2D eigenvalue weighted by Crippen LogP contribution is 2.22. The molecule has 1 aliphatic heterocycles. The molecule has 0 bridgehead atoms. The SMILES string of the molecule is O=C(Nc1ccc(N2CCN(C(=O)c3ccc(Cl)cc3)CC2)cc1)c1ccc2nsnc2c1. The quantitative estimate of drug-likeness (QED) is 0.466. The lowest BCUT2D eigenvalue weighted by Gasteiger charge is -2.36. The summed E-state index contributed by atoms with van der Waals surface area (Å²) >= 11 is 7.05. The van der Waals surface area contributed by atoms with Gasteiger partial charge >= 0.3 is 0 Å². The zero-order chi connectivity index (χ0) is 22.8. The summed E-state index contributed by atoms with van der Waals surface area (Å²) in [6, 6.07) is 20.0. The summed E-state index contributed by atoms with van der Waals surface area (Å²) in [6.07, 6.45) is 0. The van der Waals surface area contributed by atoms with Gasteiger partial charge in [0.15, 0.2) is 0 Å². The number of hydrogen-bond acceptors (Lipinski definition) is 6. The van der Waals surface area contributed by atoms with Crippen LogP contribution in [0.4, 0.5) is 11.4 Å². The molecule has 2 amide bonds. The van der Waals surface area contributed by atoms with Gasteiger partial charge in [0.05, 0.1) is 11.7 Å². The Morgan fingerprint density at radius 3 is 2.21 bits per heavy atom. The van der Waals surface area contributed by atoms with Gasteiger partial charge in [-0.1, -0.05) is 11.6 Å². The molecule has 33 heavy (non-hydrogen) atoms. The fourth-order valence-electron chi connectivity index (χ4n) is 3.82. The number of amides is 2. The molecule has 0 spiro atoms. The van der Waals surface area contributed by atoms with Crippen LogP contribution in [0, 0.1) is 0 Å². The number of anilines is 2. The van der Waals surface area contributed by atoms with Crippen LogP contribution in [-0.2, 0) is 0 Å². The van der Waals surface area contributed by atoms with Crippen LogP contribution in [0.3, 0.4) is 0 Å². The highest BCUT2D eigenvalue weighted by Gasteiger charge is 2.22. The number of aromatic nitrogens is 2. The summed E-state index contributed by atoms with van der Waals surface area (Å²) in [5, 5.41) is 3.54. The summed E-state index contributed by atoms with van der Waals surface area (Å²) in [4.78, 5) is 29.4. The first kappa shape index (κ1) is 21.4. The molecule has 1 saturated heterocycles. The van der Waals surface area contributed by atoms with Gasteiger partial charge in [-0.2, -0.15) is 8.75 Å². The normalized spacial score (nSPS) is 13.8. The Balaban J connectivity index is 1.18. The molecule has 3 aromatic carbocycles. The summed E-state index contributed by atoms with van der Waals surface area (Å²) < 4.78 is 8.34. The van der Waals surface area contributed by atoms with Gasteiger partial charge in [0.1, 0.15) is 11.0 Å². The molecule has 9 heteroatoms. The molecule has 0 saturated carbocycles. The lowest BCUT2D eigenvalue weighted by Crippen LogP contribution is -2.48. The van der Waals surface area contributed by atoms with Crippen molar-refractivity contribution in [3.8, 4) is 0 Å². The predicted molar refractivity (Wildman–Crippen MR) is 131 cm³/mol. The summed E-state index contributed by atoms with van der Waals surface area (Å²) in [6.45, 7) is 2.78. The average Bonchev–Trinajstić information content (AvgIpc) is 3.33. The molecular weight excluding hydrogens is 458 g/mol. The highest BCUT2D eigenvalue weighted by atomic mass is 35.5. The summed E-state index contributed by atoms with van der Waals surface area (Å²) in [5.41, 5.74) is 4.48. The van der Waals surface area contributed by atoms with Crippen molar-refractivity contribution in [3.63, 3.8) is 0 Å². The molecule has 0 aliphatic carbocycles. The molecule has 2 heterocycles. The Morgan fingerprint density at radius 1 is 0.818 bits per heavy atom. The number of halogens is 1. The Labute approximate surface area is 199 Å². The average molecular weight is 478 g/mol. The molecule has 4 aromatic rings. The van der Waals surface area contributed by atoms with E-state index in [1.54, 1.807) is 42.5 Å². The maximum atomic E-state index is 12.7. The topological polar surface area (TPSA) is 78.4 Å². The predicted octanol–water partition coefficient (Wildman–Crippen LogP) is 4.56.